The highest BCUT2D eigenvalue weighted by molar-refractivity contribution is 8.00. The Labute approximate surface area is 279 Å². The molecule has 2 aliphatic heterocycles. The minimum atomic E-state index is -4.73. The average Bonchev–Trinajstić information content (AvgIpc) is 3.50. The normalized spacial score (nSPS) is 18.7. The number of hydrogen-bond donors (Lipinski definition) is 1. The molecule has 3 atom stereocenters. The molecule has 4 aromatic rings. The van der Waals surface area contributed by atoms with Crippen molar-refractivity contribution in [3.05, 3.63) is 104 Å². The summed E-state index contributed by atoms with van der Waals surface area (Å²) in [7, 11) is 1.45. The third-order valence-corrected chi connectivity index (χ3v) is 10.6. The lowest BCUT2D eigenvalue weighted by Crippen LogP contribution is -2.33. The summed E-state index contributed by atoms with van der Waals surface area (Å²) < 4.78 is 52.4. The summed E-state index contributed by atoms with van der Waals surface area (Å²) in [6, 6.07) is 17.2. The highest BCUT2D eigenvalue weighted by Gasteiger charge is 2.57. The lowest BCUT2D eigenvalue weighted by atomic mass is 9.82. The van der Waals surface area contributed by atoms with Crippen LogP contribution in [0.4, 0.5) is 24.5 Å². The number of fused-ring (bicyclic) bond motifs is 2. The molecule has 3 amide bonds. The van der Waals surface area contributed by atoms with E-state index in [4.69, 9.17) is 9.47 Å². The molecule has 10 nitrogen and oxygen atoms in total. The van der Waals surface area contributed by atoms with Gasteiger partial charge in [-0.3, -0.25) is 23.7 Å². The van der Waals surface area contributed by atoms with Crippen molar-refractivity contribution in [2.45, 2.75) is 35.8 Å². The number of imide groups is 1. The molecular weight excluding hydrogens is 672 g/mol. The molecule has 1 saturated heterocycles. The zero-order valence-corrected chi connectivity index (χ0v) is 26.9. The summed E-state index contributed by atoms with van der Waals surface area (Å²) in [5.41, 5.74) is -0.505. The van der Waals surface area contributed by atoms with Crippen molar-refractivity contribution in [2.75, 3.05) is 23.9 Å². The molecule has 1 fully saturated rings. The number of para-hydroxylation sites is 2. The van der Waals surface area contributed by atoms with E-state index in [0.29, 0.717) is 16.2 Å². The molecule has 6 rings (SSSR count). The highest BCUT2D eigenvalue weighted by Crippen LogP contribution is 2.55. The number of methoxy groups -OCH3 is 1. The topological polar surface area (TPSA) is 124 Å². The zero-order chi connectivity index (χ0) is 34.3. The fourth-order valence-electron chi connectivity index (χ4n) is 5.90. The predicted octanol–water partition coefficient (Wildman–Crippen LogP) is 5.55. The summed E-state index contributed by atoms with van der Waals surface area (Å²) in [4.78, 5) is 67.8. The van der Waals surface area contributed by atoms with E-state index in [-0.39, 0.29) is 22.9 Å². The molecule has 1 N–H and O–H groups in total. The van der Waals surface area contributed by atoms with Crippen molar-refractivity contribution in [3.63, 3.8) is 0 Å². The number of aromatic nitrogens is 1. The molecule has 1 aromatic heterocycles. The van der Waals surface area contributed by atoms with Crippen molar-refractivity contribution in [3.8, 4) is 5.75 Å². The quantitative estimate of drug-likeness (QED) is 0.188. The summed E-state index contributed by atoms with van der Waals surface area (Å²) in [5.74, 6) is -3.95. The lowest BCUT2D eigenvalue weighted by Gasteiger charge is -2.31. The number of thiazole rings is 1. The maximum atomic E-state index is 14.2. The van der Waals surface area contributed by atoms with Gasteiger partial charge in [0, 0.05) is 16.4 Å². The first-order valence-corrected chi connectivity index (χ1v) is 16.3. The van der Waals surface area contributed by atoms with E-state index in [2.05, 4.69) is 5.32 Å². The third kappa shape index (κ3) is 5.87. The first-order chi connectivity index (χ1) is 22.9. The van der Waals surface area contributed by atoms with Crippen LogP contribution in [0.1, 0.15) is 39.2 Å². The van der Waals surface area contributed by atoms with E-state index in [1.807, 2.05) is 0 Å². The van der Waals surface area contributed by atoms with Crippen LogP contribution in [0.2, 0.25) is 0 Å². The number of amides is 3. The number of anilines is 2. The smallest absolute Gasteiger partial charge is 0.418 e. The molecule has 0 aliphatic carbocycles. The molecule has 15 heteroatoms. The molecule has 0 radical (unpaired) electrons. The summed E-state index contributed by atoms with van der Waals surface area (Å²) in [5, 5.41) is 1.48. The minimum Gasteiger partial charge on any atom is -0.496 e. The number of rotatable bonds is 8. The Morgan fingerprint density at radius 1 is 0.938 bits per heavy atom. The SMILES string of the molecule is CCOC(=O)c1ccc(N2C(=O)[C@H]3[C@H](c4ccccc4OC)c4sc(=O)n(CC(=O)Nc5ccccc5C(F)(F)F)c4S[C@H]3C2=O)cc1. The van der Waals surface area contributed by atoms with Crippen molar-refractivity contribution >= 4 is 58.2 Å². The number of thioether (sulfide) groups is 1. The second kappa shape index (κ2) is 13.0. The number of esters is 1. The molecule has 2 aliphatic rings. The number of carbonyl (C=O) groups excluding carboxylic acids is 4. The van der Waals surface area contributed by atoms with Gasteiger partial charge in [-0.25, -0.2) is 9.69 Å². The van der Waals surface area contributed by atoms with Gasteiger partial charge in [0.2, 0.25) is 17.7 Å². The van der Waals surface area contributed by atoms with Crippen molar-refractivity contribution < 1.29 is 41.8 Å². The predicted molar refractivity (Wildman–Crippen MR) is 172 cm³/mol. The number of benzene rings is 3. The fourth-order valence-corrected chi connectivity index (χ4v) is 8.67. The van der Waals surface area contributed by atoms with Crippen LogP contribution in [-0.4, -0.2) is 47.2 Å². The number of hydrogen-bond acceptors (Lipinski definition) is 9. The van der Waals surface area contributed by atoms with Gasteiger partial charge in [-0.15, -0.1) is 0 Å². The number of halogens is 3. The third-order valence-electron chi connectivity index (χ3n) is 7.97. The molecule has 0 spiro atoms. The molecule has 3 aromatic carbocycles. The minimum absolute atomic E-state index is 0.173. The molecular formula is C33H26F3N3O7S2. The van der Waals surface area contributed by atoms with Gasteiger partial charge >= 0.3 is 17.0 Å². The van der Waals surface area contributed by atoms with Gasteiger partial charge < -0.3 is 14.8 Å². The lowest BCUT2D eigenvalue weighted by molar-refractivity contribution is -0.137. The van der Waals surface area contributed by atoms with Crippen LogP contribution in [0.5, 0.6) is 5.75 Å². The molecule has 48 heavy (non-hydrogen) atoms. The Hall–Kier alpha value is -4.89. The Kier molecular flexibility index (Phi) is 8.92. The zero-order valence-electron chi connectivity index (χ0n) is 25.3. The standard InChI is InChI=1S/C33H26F3N3O7S2/c1-3-46-31(43)17-12-14-18(15-13-17)39-28(41)25-24(19-8-4-7-11-22(19)45-2)27-30(47-26(25)29(39)42)38(32(44)48-27)16-23(40)37-21-10-6-5-9-20(21)33(34,35)36/h4-15,24-26H,3,16H2,1-2H3,(H,37,40)/t24-,25-,26+/m0/s1. The van der Waals surface area contributed by atoms with Crippen LogP contribution in [-0.2, 0) is 31.8 Å². The van der Waals surface area contributed by atoms with Gasteiger partial charge in [0.25, 0.3) is 0 Å². The van der Waals surface area contributed by atoms with Crippen LogP contribution in [0.3, 0.4) is 0 Å². The number of nitrogens with one attached hydrogen (secondary N) is 1. The van der Waals surface area contributed by atoms with E-state index in [1.54, 1.807) is 31.2 Å². The van der Waals surface area contributed by atoms with Crippen LogP contribution in [0.15, 0.2) is 82.6 Å². The van der Waals surface area contributed by atoms with Gasteiger partial charge in [0.15, 0.2) is 0 Å². The average molecular weight is 698 g/mol. The number of carbonyl (C=O) groups is 4. The maximum Gasteiger partial charge on any atom is 0.418 e. The second-order valence-corrected chi connectivity index (χ2v) is 12.9. The van der Waals surface area contributed by atoms with E-state index in [9.17, 15) is 37.1 Å². The summed E-state index contributed by atoms with van der Waals surface area (Å²) in [6.07, 6.45) is -4.73. The first kappa shape index (κ1) is 33.0. The number of nitrogens with zero attached hydrogens (tertiary/aromatic N) is 2. The van der Waals surface area contributed by atoms with E-state index in [0.717, 1.165) is 44.7 Å². The molecule has 248 valence electrons. The Balaban J connectivity index is 1.39. The molecule has 0 unspecified atom stereocenters. The van der Waals surface area contributed by atoms with Gasteiger partial charge in [0.05, 0.1) is 47.2 Å². The Bertz CT molecular complexity index is 1990. The number of alkyl halides is 3. The van der Waals surface area contributed by atoms with Gasteiger partial charge in [-0.2, -0.15) is 13.2 Å². The van der Waals surface area contributed by atoms with E-state index in [1.165, 1.54) is 43.5 Å². The van der Waals surface area contributed by atoms with Crippen molar-refractivity contribution in [1.82, 2.24) is 4.57 Å². The van der Waals surface area contributed by atoms with Crippen LogP contribution < -0.4 is 19.8 Å². The Morgan fingerprint density at radius 2 is 1.62 bits per heavy atom. The van der Waals surface area contributed by atoms with Crippen LogP contribution in [0, 0.1) is 5.92 Å². The second-order valence-electron chi connectivity index (χ2n) is 10.8. The van der Waals surface area contributed by atoms with E-state index >= 15 is 0 Å². The Morgan fingerprint density at radius 3 is 2.31 bits per heavy atom. The largest absolute Gasteiger partial charge is 0.496 e. The fraction of sp³-hybridized carbons (Fsp3) is 0.242. The maximum absolute atomic E-state index is 14.2. The van der Waals surface area contributed by atoms with E-state index < -0.39 is 69.6 Å². The monoisotopic (exact) mass is 697 g/mol. The molecule has 3 heterocycles. The van der Waals surface area contributed by atoms with Gasteiger partial charge in [-0.05, 0) is 49.4 Å². The van der Waals surface area contributed by atoms with Crippen molar-refractivity contribution in [1.29, 1.82) is 0 Å². The van der Waals surface area contributed by atoms with Crippen LogP contribution in [0.25, 0.3) is 0 Å². The number of ether oxygens (including phenoxy) is 2. The molecule has 0 saturated carbocycles. The first-order valence-electron chi connectivity index (χ1n) is 14.6. The van der Waals surface area contributed by atoms with Crippen molar-refractivity contribution in [2.24, 2.45) is 5.92 Å². The molecule has 0 bridgehead atoms. The van der Waals surface area contributed by atoms with Gasteiger partial charge in [-0.1, -0.05) is 53.4 Å². The van der Waals surface area contributed by atoms with Crippen LogP contribution >= 0.6 is 23.1 Å². The highest BCUT2D eigenvalue weighted by atomic mass is 32.2. The van der Waals surface area contributed by atoms with Gasteiger partial charge in [0.1, 0.15) is 17.5 Å². The summed E-state index contributed by atoms with van der Waals surface area (Å²) in [6.45, 7) is 1.20. The summed E-state index contributed by atoms with van der Waals surface area (Å²) >= 11 is 1.75.